The van der Waals surface area contributed by atoms with E-state index < -0.39 is 23.1 Å². The second kappa shape index (κ2) is 4.57. The third-order valence-electron chi connectivity index (χ3n) is 1.54. The van der Waals surface area contributed by atoms with Gasteiger partial charge >= 0.3 is 11.8 Å². The summed E-state index contributed by atoms with van der Waals surface area (Å²) >= 11 is 1.12. The molecule has 0 aliphatic heterocycles. The Kier molecular flexibility index (Phi) is 3.59. The summed E-state index contributed by atoms with van der Waals surface area (Å²) in [5.41, 5.74) is -0.775. The van der Waals surface area contributed by atoms with E-state index in [4.69, 9.17) is 4.74 Å². The van der Waals surface area contributed by atoms with Gasteiger partial charge in [-0.2, -0.15) is 0 Å². The molecule has 1 aromatic heterocycles. The van der Waals surface area contributed by atoms with Crippen molar-refractivity contribution in [3.05, 3.63) is 22.4 Å². The van der Waals surface area contributed by atoms with E-state index in [1.54, 1.807) is 32.2 Å². The zero-order valence-corrected chi connectivity index (χ0v) is 10.1. The fourth-order valence-corrected chi connectivity index (χ4v) is 1.60. The highest BCUT2D eigenvalue weighted by molar-refractivity contribution is 7.13. The molecule has 4 nitrogen and oxygen atoms in total. The quantitative estimate of drug-likeness (QED) is 0.350. The first-order valence-corrected chi connectivity index (χ1v) is 5.55. The van der Waals surface area contributed by atoms with Gasteiger partial charge in [0, 0.05) is 0 Å². The lowest BCUT2D eigenvalue weighted by atomic mass is 10.2. The zero-order chi connectivity index (χ0) is 12.3. The number of thiophene rings is 1. The number of hydrogen-bond acceptors (Lipinski definition) is 5. The number of carbonyl (C=O) groups is 3. The standard InChI is InChI=1S/C11H12O4S/c1-11(2,3)15-10(14)9(13)8(12)7-5-4-6-16-7/h4-6H,1-3H3. The third-order valence-corrected chi connectivity index (χ3v) is 2.40. The topological polar surface area (TPSA) is 60.4 Å². The van der Waals surface area contributed by atoms with Gasteiger partial charge in [0.2, 0.25) is 0 Å². The van der Waals surface area contributed by atoms with Gasteiger partial charge in [-0.1, -0.05) is 6.07 Å². The van der Waals surface area contributed by atoms with Crippen LogP contribution in [0, 0.1) is 0 Å². The van der Waals surface area contributed by atoms with Gasteiger partial charge in [-0.05, 0) is 32.2 Å². The minimum absolute atomic E-state index is 0.246. The average Bonchev–Trinajstić information content (AvgIpc) is 2.65. The lowest BCUT2D eigenvalue weighted by molar-refractivity contribution is -0.160. The van der Waals surface area contributed by atoms with Crippen molar-refractivity contribution in [1.82, 2.24) is 0 Å². The molecule has 86 valence electrons. The highest BCUT2D eigenvalue weighted by atomic mass is 32.1. The average molecular weight is 240 g/mol. The third kappa shape index (κ3) is 3.27. The molecular formula is C11H12O4S. The van der Waals surface area contributed by atoms with Gasteiger partial charge in [0.1, 0.15) is 5.60 Å². The van der Waals surface area contributed by atoms with E-state index in [0.717, 1.165) is 11.3 Å². The van der Waals surface area contributed by atoms with E-state index in [1.807, 2.05) is 0 Å². The minimum Gasteiger partial charge on any atom is -0.454 e. The molecule has 0 aliphatic rings. The molecule has 1 aromatic rings. The maximum Gasteiger partial charge on any atom is 0.383 e. The van der Waals surface area contributed by atoms with Crippen LogP contribution in [0.2, 0.25) is 0 Å². The lowest BCUT2D eigenvalue weighted by Crippen LogP contribution is -2.32. The van der Waals surface area contributed by atoms with Crippen molar-refractivity contribution in [3.63, 3.8) is 0 Å². The van der Waals surface area contributed by atoms with Crippen molar-refractivity contribution in [2.75, 3.05) is 0 Å². The SMILES string of the molecule is CC(C)(C)OC(=O)C(=O)C(=O)c1cccs1. The second-order valence-electron chi connectivity index (χ2n) is 4.14. The van der Waals surface area contributed by atoms with E-state index in [-0.39, 0.29) is 4.88 Å². The Balaban J connectivity index is 2.73. The molecule has 0 fully saturated rings. The molecule has 1 rings (SSSR count). The van der Waals surface area contributed by atoms with Crippen LogP contribution in [0.15, 0.2) is 17.5 Å². The normalized spacial score (nSPS) is 10.9. The number of rotatable bonds is 3. The summed E-state index contributed by atoms with van der Waals surface area (Å²) in [4.78, 5) is 34.4. The Morgan fingerprint density at radius 2 is 1.88 bits per heavy atom. The van der Waals surface area contributed by atoms with Gasteiger partial charge in [-0.3, -0.25) is 9.59 Å². The summed E-state index contributed by atoms with van der Waals surface area (Å²) in [5.74, 6) is -3.05. The van der Waals surface area contributed by atoms with Crippen molar-refractivity contribution in [1.29, 1.82) is 0 Å². The monoisotopic (exact) mass is 240 g/mol. The van der Waals surface area contributed by atoms with Crippen LogP contribution in [0.3, 0.4) is 0 Å². The van der Waals surface area contributed by atoms with Crippen LogP contribution in [0.25, 0.3) is 0 Å². The van der Waals surface area contributed by atoms with Crippen molar-refractivity contribution in [2.24, 2.45) is 0 Å². The molecule has 0 unspecified atom stereocenters. The second-order valence-corrected chi connectivity index (χ2v) is 5.09. The van der Waals surface area contributed by atoms with Gasteiger partial charge in [0.05, 0.1) is 4.88 Å². The van der Waals surface area contributed by atoms with Crippen LogP contribution in [-0.4, -0.2) is 23.1 Å². The summed E-state index contributed by atoms with van der Waals surface area (Å²) in [7, 11) is 0. The van der Waals surface area contributed by atoms with Crippen molar-refractivity contribution < 1.29 is 19.1 Å². The summed E-state index contributed by atoms with van der Waals surface area (Å²) in [6.07, 6.45) is 0. The van der Waals surface area contributed by atoms with Crippen LogP contribution in [0.4, 0.5) is 0 Å². The maximum atomic E-state index is 11.5. The molecule has 0 amide bonds. The van der Waals surface area contributed by atoms with E-state index in [0.29, 0.717) is 0 Å². The Morgan fingerprint density at radius 3 is 2.31 bits per heavy atom. The van der Waals surface area contributed by atoms with Gasteiger partial charge in [0.15, 0.2) is 0 Å². The van der Waals surface area contributed by atoms with Crippen molar-refractivity contribution in [2.45, 2.75) is 26.4 Å². The van der Waals surface area contributed by atoms with Gasteiger partial charge in [-0.25, -0.2) is 4.79 Å². The molecular weight excluding hydrogens is 228 g/mol. The van der Waals surface area contributed by atoms with E-state index in [9.17, 15) is 14.4 Å². The van der Waals surface area contributed by atoms with Crippen LogP contribution >= 0.6 is 11.3 Å². The van der Waals surface area contributed by atoms with Crippen molar-refractivity contribution >= 4 is 28.9 Å². The molecule has 0 aliphatic carbocycles. The Hall–Kier alpha value is -1.49. The molecule has 5 heteroatoms. The number of carbonyl (C=O) groups excluding carboxylic acids is 3. The van der Waals surface area contributed by atoms with Crippen LogP contribution in [-0.2, 0) is 14.3 Å². The minimum atomic E-state index is -1.13. The fraction of sp³-hybridized carbons (Fsp3) is 0.364. The van der Waals surface area contributed by atoms with Crippen LogP contribution in [0.5, 0.6) is 0 Å². The molecule has 1 heterocycles. The summed E-state index contributed by atoms with van der Waals surface area (Å²) in [5, 5.41) is 1.66. The number of hydrogen-bond donors (Lipinski definition) is 0. The van der Waals surface area contributed by atoms with E-state index >= 15 is 0 Å². The highest BCUT2D eigenvalue weighted by Crippen LogP contribution is 2.12. The molecule has 0 radical (unpaired) electrons. The lowest BCUT2D eigenvalue weighted by Gasteiger charge is -2.18. The predicted octanol–water partition coefficient (Wildman–Crippen LogP) is 1.84. The first-order valence-electron chi connectivity index (χ1n) is 4.67. The fourth-order valence-electron chi connectivity index (χ4n) is 0.937. The highest BCUT2D eigenvalue weighted by Gasteiger charge is 2.29. The Morgan fingerprint density at radius 1 is 1.25 bits per heavy atom. The molecule has 0 atom stereocenters. The largest absolute Gasteiger partial charge is 0.454 e. The first kappa shape index (κ1) is 12.6. The number of ether oxygens (including phenoxy) is 1. The molecule has 0 saturated heterocycles. The van der Waals surface area contributed by atoms with E-state index in [2.05, 4.69) is 0 Å². The maximum absolute atomic E-state index is 11.5. The van der Waals surface area contributed by atoms with Gasteiger partial charge in [-0.15, -0.1) is 11.3 Å². The Bertz CT molecular complexity index is 412. The summed E-state index contributed by atoms with van der Waals surface area (Å²) in [6.45, 7) is 4.90. The molecule has 0 aromatic carbocycles. The first-order chi connectivity index (χ1) is 7.31. The summed E-state index contributed by atoms with van der Waals surface area (Å²) < 4.78 is 4.81. The number of Topliss-reactive ketones (excluding diaryl/α,β-unsaturated/α-hetero) is 2. The zero-order valence-electron chi connectivity index (χ0n) is 9.27. The Labute approximate surface area is 97.2 Å². The van der Waals surface area contributed by atoms with Crippen LogP contribution < -0.4 is 0 Å². The van der Waals surface area contributed by atoms with E-state index in [1.165, 1.54) is 6.07 Å². The molecule has 0 N–H and O–H groups in total. The molecule has 0 spiro atoms. The summed E-state index contributed by atoms with van der Waals surface area (Å²) in [6, 6.07) is 3.13. The van der Waals surface area contributed by atoms with Gasteiger partial charge in [0.25, 0.3) is 5.78 Å². The smallest absolute Gasteiger partial charge is 0.383 e. The van der Waals surface area contributed by atoms with Crippen molar-refractivity contribution in [3.8, 4) is 0 Å². The number of ketones is 2. The molecule has 16 heavy (non-hydrogen) atoms. The number of esters is 1. The van der Waals surface area contributed by atoms with Gasteiger partial charge < -0.3 is 4.74 Å². The molecule has 0 bridgehead atoms. The molecule has 0 saturated carbocycles. The van der Waals surface area contributed by atoms with Crippen LogP contribution in [0.1, 0.15) is 30.4 Å². The predicted molar refractivity (Wildman–Crippen MR) is 59.5 cm³/mol.